The van der Waals surface area contributed by atoms with Crippen molar-refractivity contribution in [1.29, 1.82) is 0 Å². The van der Waals surface area contributed by atoms with Gasteiger partial charge in [0.25, 0.3) is 0 Å². The molecule has 1 nitrogen and oxygen atoms in total. The molecular formula is C15H13BrO. The summed E-state index contributed by atoms with van der Waals surface area (Å²) in [5.74, 6) is 0.849. The van der Waals surface area contributed by atoms with Gasteiger partial charge in [0.1, 0.15) is 5.75 Å². The molecule has 2 aromatic rings. The van der Waals surface area contributed by atoms with Crippen molar-refractivity contribution in [3.8, 4) is 5.75 Å². The van der Waals surface area contributed by atoms with Gasteiger partial charge in [-0.1, -0.05) is 48.6 Å². The summed E-state index contributed by atoms with van der Waals surface area (Å²) in [7, 11) is 1.67. The summed E-state index contributed by atoms with van der Waals surface area (Å²) >= 11 is 3.47. The summed E-state index contributed by atoms with van der Waals surface area (Å²) in [6, 6.07) is 16.3. The van der Waals surface area contributed by atoms with E-state index in [9.17, 15) is 0 Å². The summed E-state index contributed by atoms with van der Waals surface area (Å²) in [6.07, 6.45) is 4.17. The maximum Gasteiger partial charge on any atom is 0.133 e. The fraction of sp³-hybridized carbons (Fsp3) is 0.0667. The number of ether oxygens (including phenoxy) is 1. The predicted molar refractivity (Wildman–Crippen MR) is 76.1 cm³/mol. The average molecular weight is 289 g/mol. The molecule has 0 heterocycles. The first-order chi connectivity index (χ1) is 8.29. The Kier molecular flexibility index (Phi) is 3.99. The van der Waals surface area contributed by atoms with Gasteiger partial charge in [-0.05, 0) is 39.2 Å². The van der Waals surface area contributed by atoms with Crippen molar-refractivity contribution >= 4 is 28.1 Å². The van der Waals surface area contributed by atoms with Crippen LogP contribution in [0.15, 0.2) is 53.0 Å². The highest BCUT2D eigenvalue weighted by Crippen LogP contribution is 2.26. The Balaban J connectivity index is 2.19. The molecule has 0 saturated heterocycles. The van der Waals surface area contributed by atoms with E-state index < -0.39 is 0 Å². The average Bonchev–Trinajstić information content (AvgIpc) is 2.38. The molecule has 0 amide bonds. The molecule has 0 bridgehead atoms. The van der Waals surface area contributed by atoms with Gasteiger partial charge in [-0.2, -0.15) is 0 Å². The lowest BCUT2D eigenvalue weighted by Gasteiger charge is -2.03. The van der Waals surface area contributed by atoms with Crippen molar-refractivity contribution in [2.75, 3.05) is 7.11 Å². The molecule has 0 spiro atoms. The minimum atomic E-state index is 0.849. The van der Waals surface area contributed by atoms with Crippen molar-refractivity contribution < 1.29 is 4.74 Å². The van der Waals surface area contributed by atoms with Crippen molar-refractivity contribution in [3.05, 3.63) is 64.1 Å². The van der Waals surface area contributed by atoms with Crippen LogP contribution in [0.5, 0.6) is 5.75 Å². The molecule has 2 aromatic carbocycles. The molecule has 17 heavy (non-hydrogen) atoms. The molecule has 0 aliphatic rings. The second kappa shape index (κ2) is 5.69. The molecule has 86 valence electrons. The Bertz CT molecular complexity index is 518. The van der Waals surface area contributed by atoms with Gasteiger partial charge in [-0.25, -0.2) is 0 Å². The van der Waals surface area contributed by atoms with E-state index in [2.05, 4.69) is 40.2 Å². The molecule has 2 rings (SSSR count). The fourth-order valence-corrected chi connectivity index (χ4v) is 2.10. The molecule has 0 fully saturated rings. The number of rotatable bonds is 3. The van der Waals surface area contributed by atoms with Gasteiger partial charge >= 0.3 is 0 Å². The number of benzene rings is 2. The van der Waals surface area contributed by atoms with E-state index in [1.54, 1.807) is 7.11 Å². The third kappa shape index (κ3) is 3.21. The lowest BCUT2D eigenvalue weighted by Crippen LogP contribution is -1.84. The van der Waals surface area contributed by atoms with Gasteiger partial charge in [0, 0.05) is 0 Å². The standard InChI is InChI=1S/C15H13BrO/c1-17-15-10-9-13(11-14(15)16)8-7-12-5-3-2-4-6-12/h2-11H,1H3. The smallest absolute Gasteiger partial charge is 0.133 e. The van der Waals surface area contributed by atoms with Crippen LogP contribution < -0.4 is 4.74 Å². The van der Waals surface area contributed by atoms with Gasteiger partial charge in [0.15, 0.2) is 0 Å². The van der Waals surface area contributed by atoms with E-state index in [0.717, 1.165) is 15.8 Å². The van der Waals surface area contributed by atoms with Gasteiger partial charge in [0.2, 0.25) is 0 Å². The van der Waals surface area contributed by atoms with Gasteiger partial charge in [0.05, 0.1) is 11.6 Å². The molecule has 2 heteroatoms. The highest BCUT2D eigenvalue weighted by molar-refractivity contribution is 9.10. The largest absolute Gasteiger partial charge is 0.496 e. The van der Waals surface area contributed by atoms with Crippen LogP contribution in [0.25, 0.3) is 12.2 Å². The van der Waals surface area contributed by atoms with Crippen LogP contribution in [0.3, 0.4) is 0 Å². The highest BCUT2D eigenvalue weighted by Gasteiger charge is 1.98. The monoisotopic (exact) mass is 288 g/mol. The van der Waals surface area contributed by atoms with Crippen LogP contribution >= 0.6 is 15.9 Å². The minimum absolute atomic E-state index is 0.849. The first-order valence-electron chi connectivity index (χ1n) is 5.36. The third-order valence-corrected chi connectivity index (χ3v) is 3.06. The maximum absolute atomic E-state index is 5.19. The third-order valence-electron chi connectivity index (χ3n) is 2.44. The molecule has 0 saturated carbocycles. The Morgan fingerprint density at radius 1 is 0.941 bits per heavy atom. The molecular weight excluding hydrogens is 276 g/mol. The van der Waals surface area contributed by atoms with E-state index in [1.165, 1.54) is 5.56 Å². The summed E-state index contributed by atoms with van der Waals surface area (Å²) in [4.78, 5) is 0. The Morgan fingerprint density at radius 2 is 1.65 bits per heavy atom. The summed E-state index contributed by atoms with van der Waals surface area (Å²) in [6.45, 7) is 0. The molecule has 0 aliphatic heterocycles. The van der Waals surface area contributed by atoms with Crippen LogP contribution in [0.4, 0.5) is 0 Å². The zero-order valence-electron chi connectivity index (χ0n) is 9.56. The molecule has 0 aliphatic carbocycles. The minimum Gasteiger partial charge on any atom is -0.496 e. The number of hydrogen-bond donors (Lipinski definition) is 0. The second-order valence-corrected chi connectivity index (χ2v) is 4.49. The molecule has 0 unspecified atom stereocenters. The van der Waals surface area contributed by atoms with E-state index in [4.69, 9.17) is 4.74 Å². The van der Waals surface area contributed by atoms with Crippen LogP contribution in [-0.2, 0) is 0 Å². The molecule has 0 aromatic heterocycles. The van der Waals surface area contributed by atoms with Crippen molar-refractivity contribution in [2.45, 2.75) is 0 Å². The maximum atomic E-state index is 5.19. The quantitative estimate of drug-likeness (QED) is 0.749. The Labute approximate surface area is 110 Å². The zero-order chi connectivity index (χ0) is 12.1. The lowest BCUT2D eigenvalue weighted by molar-refractivity contribution is 0.412. The first kappa shape index (κ1) is 11.9. The number of hydrogen-bond acceptors (Lipinski definition) is 1. The van der Waals surface area contributed by atoms with Crippen LogP contribution in [0.1, 0.15) is 11.1 Å². The van der Waals surface area contributed by atoms with E-state index in [0.29, 0.717) is 0 Å². The topological polar surface area (TPSA) is 9.23 Å². The van der Waals surface area contributed by atoms with Gasteiger partial charge in [-0.15, -0.1) is 0 Å². The van der Waals surface area contributed by atoms with Crippen LogP contribution in [0, 0.1) is 0 Å². The first-order valence-corrected chi connectivity index (χ1v) is 6.15. The summed E-state index contributed by atoms with van der Waals surface area (Å²) in [5, 5.41) is 0. The number of halogens is 1. The van der Waals surface area contributed by atoms with E-state index in [-0.39, 0.29) is 0 Å². The lowest BCUT2D eigenvalue weighted by atomic mass is 10.1. The van der Waals surface area contributed by atoms with Crippen LogP contribution in [-0.4, -0.2) is 7.11 Å². The molecule has 0 atom stereocenters. The molecule has 0 radical (unpaired) electrons. The van der Waals surface area contributed by atoms with Crippen LogP contribution in [0.2, 0.25) is 0 Å². The SMILES string of the molecule is COc1ccc(C=Cc2ccccc2)cc1Br. The Hall–Kier alpha value is -1.54. The van der Waals surface area contributed by atoms with Crippen molar-refractivity contribution in [3.63, 3.8) is 0 Å². The normalized spacial score (nSPS) is 10.7. The zero-order valence-corrected chi connectivity index (χ0v) is 11.1. The van der Waals surface area contributed by atoms with E-state index >= 15 is 0 Å². The predicted octanol–water partition coefficient (Wildman–Crippen LogP) is 4.63. The highest BCUT2D eigenvalue weighted by atomic mass is 79.9. The molecule has 0 N–H and O–H groups in total. The van der Waals surface area contributed by atoms with Gasteiger partial charge < -0.3 is 4.74 Å². The van der Waals surface area contributed by atoms with Crippen molar-refractivity contribution in [1.82, 2.24) is 0 Å². The van der Waals surface area contributed by atoms with Gasteiger partial charge in [-0.3, -0.25) is 0 Å². The Morgan fingerprint density at radius 3 is 2.29 bits per heavy atom. The summed E-state index contributed by atoms with van der Waals surface area (Å²) < 4.78 is 6.16. The van der Waals surface area contributed by atoms with E-state index in [1.807, 2.05) is 36.4 Å². The number of methoxy groups -OCH3 is 1. The van der Waals surface area contributed by atoms with Crippen molar-refractivity contribution in [2.24, 2.45) is 0 Å². The summed E-state index contributed by atoms with van der Waals surface area (Å²) in [5.41, 5.74) is 2.33. The second-order valence-electron chi connectivity index (χ2n) is 3.64. The fourth-order valence-electron chi connectivity index (χ4n) is 1.54.